The maximum Gasteiger partial charge on any atom is 0.171 e. The van der Waals surface area contributed by atoms with Crippen LogP contribution in [0, 0.1) is 0 Å². The van der Waals surface area contributed by atoms with Crippen LogP contribution in [-0.4, -0.2) is 12.1 Å². The molecule has 3 nitrogen and oxygen atoms in total. The van der Waals surface area contributed by atoms with E-state index >= 15 is 0 Å². The first-order chi connectivity index (χ1) is 5.81. The van der Waals surface area contributed by atoms with E-state index in [0.717, 1.165) is 18.8 Å². The molecule has 1 aliphatic heterocycles. The van der Waals surface area contributed by atoms with Gasteiger partial charge in [0.2, 0.25) is 0 Å². The number of rotatable bonds is 1. The molecule has 0 saturated heterocycles. The van der Waals surface area contributed by atoms with Crippen molar-refractivity contribution in [2.24, 2.45) is 0 Å². The van der Waals surface area contributed by atoms with Gasteiger partial charge in [-0.25, -0.2) is 4.98 Å². The van der Waals surface area contributed by atoms with Crippen LogP contribution in [0.4, 0.5) is 0 Å². The highest BCUT2D eigenvalue weighted by Gasteiger charge is 2.14. The molecule has 2 rings (SSSR count). The summed E-state index contributed by atoms with van der Waals surface area (Å²) < 4.78 is 5.05. The van der Waals surface area contributed by atoms with Gasteiger partial charge in [-0.2, -0.15) is 0 Å². The summed E-state index contributed by atoms with van der Waals surface area (Å²) in [5.41, 5.74) is 2.21. The van der Waals surface area contributed by atoms with E-state index in [4.69, 9.17) is 16.3 Å². The summed E-state index contributed by atoms with van der Waals surface area (Å²) in [6, 6.07) is 1.94. The minimum absolute atomic E-state index is 0.444. The van der Waals surface area contributed by atoms with Crippen LogP contribution in [0.1, 0.15) is 11.3 Å². The molecule has 12 heavy (non-hydrogen) atoms. The summed E-state index contributed by atoms with van der Waals surface area (Å²) in [5.74, 6) is 0.652. The molecule has 0 fully saturated rings. The largest absolute Gasteiger partial charge is 0.494 e. The molecule has 1 N–H and O–H groups in total. The topological polar surface area (TPSA) is 34.1 Å². The lowest BCUT2D eigenvalue weighted by Gasteiger charge is -2.04. The number of fused-ring (bicyclic) bond motifs is 1. The van der Waals surface area contributed by atoms with Crippen molar-refractivity contribution in [3.63, 3.8) is 0 Å². The molecule has 2 heterocycles. The maximum atomic E-state index is 5.84. The van der Waals surface area contributed by atoms with Crippen LogP contribution in [0.15, 0.2) is 6.07 Å². The van der Waals surface area contributed by atoms with Crippen molar-refractivity contribution in [2.45, 2.75) is 13.1 Å². The first kappa shape index (κ1) is 7.83. The van der Waals surface area contributed by atoms with E-state index in [1.54, 1.807) is 7.11 Å². The summed E-state index contributed by atoms with van der Waals surface area (Å²) in [7, 11) is 1.59. The number of pyridine rings is 1. The molecular weight excluding hydrogens is 176 g/mol. The fraction of sp³-hybridized carbons (Fsp3) is 0.375. The van der Waals surface area contributed by atoms with Crippen molar-refractivity contribution in [2.75, 3.05) is 7.11 Å². The molecule has 1 aliphatic rings. The molecule has 64 valence electrons. The Labute approximate surface area is 75.7 Å². The van der Waals surface area contributed by atoms with E-state index in [1.807, 2.05) is 6.07 Å². The number of ether oxygens (including phenoxy) is 1. The molecule has 0 saturated carbocycles. The number of hydrogen-bond donors (Lipinski definition) is 1. The van der Waals surface area contributed by atoms with Crippen molar-refractivity contribution < 1.29 is 4.74 Å². The van der Waals surface area contributed by atoms with Crippen LogP contribution in [0.5, 0.6) is 5.75 Å². The highest BCUT2D eigenvalue weighted by molar-refractivity contribution is 6.30. The maximum absolute atomic E-state index is 5.84. The normalized spacial score (nSPS) is 14.5. The average molecular weight is 185 g/mol. The van der Waals surface area contributed by atoms with E-state index in [-0.39, 0.29) is 0 Å². The molecule has 0 bridgehead atoms. The third kappa shape index (κ3) is 1.15. The lowest BCUT2D eigenvalue weighted by Crippen LogP contribution is -2.00. The third-order valence-corrected chi connectivity index (χ3v) is 2.21. The van der Waals surface area contributed by atoms with Crippen molar-refractivity contribution in [3.8, 4) is 5.75 Å². The Balaban J connectivity index is 2.49. The zero-order chi connectivity index (χ0) is 8.55. The second-order valence-corrected chi connectivity index (χ2v) is 3.05. The molecule has 0 aromatic carbocycles. The molecule has 4 heteroatoms. The molecule has 1 aromatic rings. The number of nitrogens with zero attached hydrogens (tertiary/aromatic N) is 1. The summed E-state index contributed by atoms with van der Waals surface area (Å²) in [6.07, 6.45) is 0. The van der Waals surface area contributed by atoms with Crippen molar-refractivity contribution in [1.82, 2.24) is 10.3 Å². The molecule has 0 amide bonds. The molecule has 0 unspecified atom stereocenters. The van der Waals surface area contributed by atoms with Gasteiger partial charge < -0.3 is 10.1 Å². The van der Waals surface area contributed by atoms with Crippen molar-refractivity contribution in [1.29, 1.82) is 0 Å². The lowest BCUT2D eigenvalue weighted by molar-refractivity contribution is 0.412. The summed E-state index contributed by atoms with van der Waals surface area (Å²) >= 11 is 5.84. The first-order valence-electron chi connectivity index (χ1n) is 3.74. The standard InChI is InChI=1S/C8H9ClN2O/c1-12-7-2-5-3-10-4-6(5)11-8(7)9/h2,10H,3-4H2,1H3. The van der Waals surface area contributed by atoms with E-state index in [0.29, 0.717) is 10.9 Å². The van der Waals surface area contributed by atoms with Gasteiger partial charge in [0.25, 0.3) is 0 Å². The molecular formula is C8H9ClN2O. The fourth-order valence-corrected chi connectivity index (χ4v) is 1.55. The monoisotopic (exact) mass is 184 g/mol. The lowest BCUT2D eigenvalue weighted by atomic mass is 10.2. The van der Waals surface area contributed by atoms with Gasteiger partial charge in [-0.3, -0.25) is 0 Å². The molecule has 1 aromatic heterocycles. The highest BCUT2D eigenvalue weighted by atomic mass is 35.5. The van der Waals surface area contributed by atoms with E-state index in [1.165, 1.54) is 5.56 Å². The predicted octanol–water partition coefficient (Wildman–Crippen LogP) is 1.35. The molecule has 0 aliphatic carbocycles. The van der Waals surface area contributed by atoms with Gasteiger partial charge in [0.05, 0.1) is 12.8 Å². The summed E-state index contributed by atoms with van der Waals surface area (Å²) in [6.45, 7) is 1.66. The van der Waals surface area contributed by atoms with Gasteiger partial charge >= 0.3 is 0 Å². The third-order valence-electron chi connectivity index (χ3n) is 1.94. The van der Waals surface area contributed by atoms with Gasteiger partial charge in [-0.05, 0) is 11.6 Å². The second-order valence-electron chi connectivity index (χ2n) is 2.69. The smallest absolute Gasteiger partial charge is 0.171 e. The van der Waals surface area contributed by atoms with E-state index < -0.39 is 0 Å². The molecule has 0 spiro atoms. The number of aromatic nitrogens is 1. The Morgan fingerprint density at radius 1 is 1.58 bits per heavy atom. The van der Waals surface area contributed by atoms with Gasteiger partial charge in [0.15, 0.2) is 10.9 Å². The van der Waals surface area contributed by atoms with Crippen LogP contribution in [0.2, 0.25) is 5.15 Å². The Morgan fingerprint density at radius 3 is 3.17 bits per heavy atom. The van der Waals surface area contributed by atoms with Gasteiger partial charge in [0, 0.05) is 13.1 Å². The summed E-state index contributed by atoms with van der Waals surface area (Å²) in [4.78, 5) is 4.20. The van der Waals surface area contributed by atoms with Crippen LogP contribution in [-0.2, 0) is 13.1 Å². The van der Waals surface area contributed by atoms with E-state index in [2.05, 4.69) is 10.3 Å². The second kappa shape index (κ2) is 2.92. The quantitative estimate of drug-likeness (QED) is 0.669. The Kier molecular flexibility index (Phi) is 1.90. The van der Waals surface area contributed by atoms with E-state index in [9.17, 15) is 0 Å². The minimum Gasteiger partial charge on any atom is -0.494 e. The Bertz CT molecular complexity index is 313. The minimum atomic E-state index is 0.444. The zero-order valence-electron chi connectivity index (χ0n) is 6.72. The SMILES string of the molecule is COc1cc2c(nc1Cl)CNC2. The number of hydrogen-bond acceptors (Lipinski definition) is 3. The zero-order valence-corrected chi connectivity index (χ0v) is 7.48. The highest BCUT2D eigenvalue weighted by Crippen LogP contribution is 2.26. The van der Waals surface area contributed by atoms with Gasteiger partial charge in [-0.1, -0.05) is 11.6 Å². The summed E-state index contributed by atoms with van der Waals surface area (Å²) in [5, 5.41) is 3.63. The van der Waals surface area contributed by atoms with Crippen LogP contribution in [0.25, 0.3) is 0 Å². The van der Waals surface area contributed by atoms with Crippen LogP contribution < -0.4 is 10.1 Å². The fourth-order valence-electron chi connectivity index (χ4n) is 1.31. The number of nitrogens with one attached hydrogen (secondary N) is 1. The molecule has 0 atom stereocenters. The number of methoxy groups -OCH3 is 1. The van der Waals surface area contributed by atoms with Gasteiger partial charge in [-0.15, -0.1) is 0 Å². The van der Waals surface area contributed by atoms with Crippen molar-refractivity contribution in [3.05, 3.63) is 22.5 Å². The Morgan fingerprint density at radius 2 is 2.42 bits per heavy atom. The first-order valence-corrected chi connectivity index (χ1v) is 4.12. The van der Waals surface area contributed by atoms with Crippen molar-refractivity contribution >= 4 is 11.6 Å². The predicted molar refractivity (Wildman–Crippen MR) is 46.3 cm³/mol. The van der Waals surface area contributed by atoms with Crippen LogP contribution in [0.3, 0.4) is 0 Å². The molecule has 0 radical (unpaired) electrons. The average Bonchev–Trinajstić information content (AvgIpc) is 2.49. The number of halogens is 1. The van der Waals surface area contributed by atoms with Gasteiger partial charge in [0.1, 0.15) is 0 Å². The Hall–Kier alpha value is -0.800. The van der Waals surface area contributed by atoms with Crippen LogP contribution >= 0.6 is 11.6 Å².